The van der Waals surface area contributed by atoms with Crippen molar-refractivity contribution in [3.8, 4) is 6.07 Å². The number of fused-ring (bicyclic) bond motifs is 1. The fourth-order valence-corrected chi connectivity index (χ4v) is 4.82. The van der Waals surface area contributed by atoms with E-state index in [0.717, 1.165) is 29.7 Å². The first-order valence-electron chi connectivity index (χ1n) is 9.43. The van der Waals surface area contributed by atoms with Crippen molar-refractivity contribution in [3.05, 3.63) is 56.4 Å². The zero-order valence-corrected chi connectivity index (χ0v) is 17.8. The SMILES string of the molecule is CCOC(=O)c1c(NC(=O)/C(C#N)=C/c2ccc(Cl)cc2)sc2c1CCC(C)C2. The third-order valence-corrected chi connectivity index (χ3v) is 6.19. The lowest BCUT2D eigenvalue weighted by Crippen LogP contribution is -2.17. The highest BCUT2D eigenvalue weighted by molar-refractivity contribution is 7.17. The Bertz CT molecular complexity index is 1000. The first kappa shape index (κ1) is 21.1. The van der Waals surface area contributed by atoms with Crippen molar-refractivity contribution in [1.29, 1.82) is 5.26 Å². The number of esters is 1. The molecule has 0 fully saturated rings. The predicted molar refractivity (Wildman–Crippen MR) is 115 cm³/mol. The lowest BCUT2D eigenvalue weighted by atomic mass is 9.88. The number of anilines is 1. The largest absolute Gasteiger partial charge is 0.462 e. The zero-order valence-electron chi connectivity index (χ0n) is 16.3. The highest BCUT2D eigenvalue weighted by Crippen LogP contribution is 2.40. The third-order valence-electron chi connectivity index (χ3n) is 4.76. The van der Waals surface area contributed by atoms with Crippen LogP contribution in [-0.4, -0.2) is 18.5 Å². The van der Waals surface area contributed by atoms with Gasteiger partial charge in [0, 0.05) is 9.90 Å². The predicted octanol–water partition coefficient (Wildman–Crippen LogP) is 5.25. The monoisotopic (exact) mass is 428 g/mol. The Hall–Kier alpha value is -2.62. The molecule has 1 unspecified atom stereocenters. The first-order chi connectivity index (χ1) is 13.9. The molecule has 5 nitrogen and oxygen atoms in total. The highest BCUT2D eigenvalue weighted by atomic mass is 35.5. The van der Waals surface area contributed by atoms with Gasteiger partial charge in [-0.1, -0.05) is 30.7 Å². The smallest absolute Gasteiger partial charge is 0.341 e. The number of nitrogens with one attached hydrogen (secondary N) is 1. The van der Waals surface area contributed by atoms with Crippen LogP contribution in [0, 0.1) is 17.2 Å². The van der Waals surface area contributed by atoms with E-state index in [-0.39, 0.29) is 12.2 Å². The summed E-state index contributed by atoms with van der Waals surface area (Å²) in [4.78, 5) is 26.4. The Labute approximate surface area is 178 Å². The summed E-state index contributed by atoms with van der Waals surface area (Å²) >= 11 is 7.27. The van der Waals surface area contributed by atoms with Gasteiger partial charge in [0.2, 0.25) is 0 Å². The average molecular weight is 429 g/mol. The van der Waals surface area contributed by atoms with Crippen molar-refractivity contribution in [2.75, 3.05) is 11.9 Å². The van der Waals surface area contributed by atoms with Crippen molar-refractivity contribution >= 4 is 45.9 Å². The molecule has 0 aliphatic heterocycles. The Balaban J connectivity index is 1.91. The molecule has 1 amide bonds. The third kappa shape index (κ3) is 4.87. The van der Waals surface area contributed by atoms with Crippen molar-refractivity contribution in [2.24, 2.45) is 5.92 Å². The Morgan fingerprint density at radius 3 is 2.76 bits per heavy atom. The van der Waals surface area contributed by atoms with E-state index in [9.17, 15) is 14.9 Å². The van der Waals surface area contributed by atoms with Crippen LogP contribution in [0.1, 0.15) is 46.6 Å². The summed E-state index contributed by atoms with van der Waals surface area (Å²) in [6.07, 6.45) is 4.13. The number of thiophene rings is 1. The maximum Gasteiger partial charge on any atom is 0.341 e. The maximum absolute atomic E-state index is 12.8. The standard InChI is InChI=1S/C22H21ClN2O3S/c1-3-28-22(27)19-17-9-4-13(2)10-18(17)29-21(19)25-20(26)15(12-24)11-14-5-7-16(23)8-6-14/h5-8,11,13H,3-4,9-10H2,1-2H3,(H,25,26)/b15-11+. The van der Waals surface area contributed by atoms with Crippen LogP contribution in [0.4, 0.5) is 5.00 Å². The minimum atomic E-state index is -0.556. The molecule has 150 valence electrons. The molecular formula is C22H21ClN2O3S. The van der Waals surface area contributed by atoms with Gasteiger partial charge < -0.3 is 10.1 Å². The summed E-state index contributed by atoms with van der Waals surface area (Å²) in [6.45, 7) is 4.18. The van der Waals surface area contributed by atoms with Gasteiger partial charge in [-0.3, -0.25) is 4.79 Å². The molecule has 0 spiro atoms. The van der Waals surface area contributed by atoms with Crippen LogP contribution in [0.2, 0.25) is 5.02 Å². The minimum absolute atomic E-state index is 0.0538. The van der Waals surface area contributed by atoms with Crippen LogP contribution in [-0.2, 0) is 22.4 Å². The van der Waals surface area contributed by atoms with Gasteiger partial charge >= 0.3 is 5.97 Å². The molecule has 1 aliphatic rings. The molecule has 1 N–H and O–H groups in total. The minimum Gasteiger partial charge on any atom is -0.462 e. The number of ether oxygens (including phenoxy) is 1. The van der Waals surface area contributed by atoms with E-state index >= 15 is 0 Å². The zero-order chi connectivity index (χ0) is 21.0. The number of hydrogen-bond acceptors (Lipinski definition) is 5. The van der Waals surface area contributed by atoms with Crippen molar-refractivity contribution in [1.82, 2.24) is 0 Å². The summed E-state index contributed by atoms with van der Waals surface area (Å²) in [7, 11) is 0. The van der Waals surface area contributed by atoms with E-state index in [1.54, 1.807) is 31.2 Å². The van der Waals surface area contributed by atoms with Crippen molar-refractivity contribution in [3.63, 3.8) is 0 Å². The Morgan fingerprint density at radius 2 is 2.10 bits per heavy atom. The number of nitrogens with zero attached hydrogens (tertiary/aromatic N) is 1. The number of rotatable bonds is 5. The molecule has 0 bridgehead atoms. The van der Waals surface area contributed by atoms with Crippen molar-refractivity contribution < 1.29 is 14.3 Å². The van der Waals surface area contributed by atoms with Gasteiger partial charge in [-0.05, 0) is 61.4 Å². The molecule has 1 aliphatic carbocycles. The number of halogens is 1. The number of carbonyl (C=O) groups is 2. The summed E-state index contributed by atoms with van der Waals surface area (Å²) in [5.41, 5.74) is 2.02. The molecule has 0 saturated carbocycles. The lowest BCUT2D eigenvalue weighted by Gasteiger charge is -2.18. The van der Waals surface area contributed by atoms with Gasteiger partial charge in [0.05, 0.1) is 12.2 Å². The van der Waals surface area contributed by atoms with Gasteiger partial charge in [-0.2, -0.15) is 5.26 Å². The summed E-state index contributed by atoms with van der Waals surface area (Å²) in [5.74, 6) is -0.464. The molecule has 1 atom stereocenters. The molecule has 7 heteroatoms. The van der Waals surface area contributed by atoms with Crippen LogP contribution in [0.25, 0.3) is 6.08 Å². The average Bonchev–Trinajstić information content (AvgIpc) is 3.04. The molecule has 29 heavy (non-hydrogen) atoms. The fourth-order valence-electron chi connectivity index (χ4n) is 3.30. The molecule has 2 aromatic rings. The van der Waals surface area contributed by atoms with Gasteiger partial charge in [-0.15, -0.1) is 11.3 Å². The molecule has 3 rings (SSSR count). The molecule has 1 aromatic carbocycles. The van der Waals surface area contributed by atoms with E-state index in [2.05, 4.69) is 12.2 Å². The number of carbonyl (C=O) groups excluding carboxylic acids is 2. The second-order valence-corrected chi connectivity index (χ2v) is 8.49. The molecule has 1 aromatic heterocycles. The van der Waals surface area contributed by atoms with Gasteiger partial charge in [0.25, 0.3) is 5.91 Å². The molecule has 1 heterocycles. The summed E-state index contributed by atoms with van der Waals surface area (Å²) in [6, 6.07) is 8.76. The summed E-state index contributed by atoms with van der Waals surface area (Å²) in [5, 5.41) is 13.2. The Kier molecular flexibility index (Phi) is 6.73. The van der Waals surface area contributed by atoms with E-state index in [1.807, 2.05) is 6.07 Å². The van der Waals surface area contributed by atoms with Gasteiger partial charge in [-0.25, -0.2) is 4.79 Å². The molecular weight excluding hydrogens is 408 g/mol. The van der Waals surface area contributed by atoms with Crippen LogP contribution in [0.5, 0.6) is 0 Å². The van der Waals surface area contributed by atoms with Crippen LogP contribution in [0.3, 0.4) is 0 Å². The Morgan fingerprint density at radius 1 is 1.38 bits per heavy atom. The first-order valence-corrected chi connectivity index (χ1v) is 10.6. The number of nitriles is 1. The van der Waals surface area contributed by atoms with Gasteiger partial charge in [0.15, 0.2) is 0 Å². The van der Waals surface area contributed by atoms with E-state index < -0.39 is 11.9 Å². The maximum atomic E-state index is 12.8. The van der Waals surface area contributed by atoms with E-state index in [0.29, 0.717) is 27.1 Å². The van der Waals surface area contributed by atoms with Crippen molar-refractivity contribution in [2.45, 2.75) is 33.1 Å². The summed E-state index contributed by atoms with van der Waals surface area (Å²) < 4.78 is 5.22. The lowest BCUT2D eigenvalue weighted by molar-refractivity contribution is -0.112. The van der Waals surface area contributed by atoms with Crippen LogP contribution >= 0.6 is 22.9 Å². The molecule has 0 radical (unpaired) electrons. The van der Waals surface area contributed by atoms with Crippen LogP contribution < -0.4 is 5.32 Å². The highest BCUT2D eigenvalue weighted by Gasteiger charge is 2.29. The number of amides is 1. The number of benzene rings is 1. The van der Waals surface area contributed by atoms with Gasteiger partial charge in [0.1, 0.15) is 16.6 Å². The second kappa shape index (κ2) is 9.25. The topological polar surface area (TPSA) is 79.2 Å². The van der Waals surface area contributed by atoms with Crippen LogP contribution in [0.15, 0.2) is 29.8 Å². The number of hydrogen-bond donors (Lipinski definition) is 1. The molecule has 0 saturated heterocycles. The normalized spacial score (nSPS) is 15.9. The second-order valence-electron chi connectivity index (χ2n) is 6.95. The quantitative estimate of drug-likeness (QED) is 0.400. The fraction of sp³-hybridized carbons (Fsp3) is 0.318. The van der Waals surface area contributed by atoms with E-state index in [4.69, 9.17) is 16.3 Å². The van der Waals surface area contributed by atoms with E-state index in [1.165, 1.54) is 17.4 Å².